The number of hydrogen-bond acceptors (Lipinski definition) is 3. The highest BCUT2D eigenvalue weighted by Crippen LogP contribution is 2.27. The third kappa shape index (κ3) is 3.35. The van der Waals surface area contributed by atoms with Gasteiger partial charge in [0, 0.05) is 18.1 Å². The third-order valence-electron chi connectivity index (χ3n) is 3.06. The van der Waals surface area contributed by atoms with E-state index in [4.69, 9.17) is 27.9 Å². The molecule has 0 saturated carbocycles. The molecule has 1 aliphatic rings. The van der Waals surface area contributed by atoms with E-state index in [-0.39, 0.29) is 18.4 Å². The van der Waals surface area contributed by atoms with Crippen LogP contribution >= 0.6 is 23.2 Å². The number of nitrogens with zero attached hydrogens (tertiary/aromatic N) is 1. The van der Waals surface area contributed by atoms with Crippen LogP contribution in [0.3, 0.4) is 0 Å². The summed E-state index contributed by atoms with van der Waals surface area (Å²) in [6.45, 7) is 2.45. The van der Waals surface area contributed by atoms with E-state index in [9.17, 15) is 9.59 Å². The molecule has 7 heteroatoms. The van der Waals surface area contributed by atoms with Crippen LogP contribution in [0.4, 0.5) is 0 Å². The molecule has 0 unspecified atom stereocenters. The molecule has 0 aliphatic carbocycles. The van der Waals surface area contributed by atoms with Crippen LogP contribution in [0.2, 0.25) is 10.0 Å². The van der Waals surface area contributed by atoms with Gasteiger partial charge in [-0.15, -0.1) is 0 Å². The Hall–Kier alpha value is -1.46. The zero-order chi connectivity index (χ0) is 14.7. The first-order chi connectivity index (χ1) is 9.49. The molecule has 0 radical (unpaired) electrons. The standard InChI is InChI=1S/C13H14Cl2N2O3/c1-8-13(19)16-4-5-17(8)12(18)7-20-11-3-2-9(14)6-10(11)15/h2-3,6,8H,4-5,7H2,1H3,(H,16,19)/t8-/m0/s1. The zero-order valence-electron chi connectivity index (χ0n) is 10.9. The summed E-state index contributed by atoms with van der Waals surface area (Å²) >= 11 is 11.7. The van der Waals surface area contributed by atoms with Crippen molar-refractivity contribution in [3.05, 3.63) is 28.2 Å². The average Bonchev–Trinajstić information content (AvgIpc) is 2.40. The van der Waals surface area contributed by atoms with Gasteiger partial charge in [0.2, 0.25) is 5.91 Å². The van der Waals surface area contributed by atoms with E-state index in [2.05, 4.69) is 5.32 Å². The number of nitrogens with one attached hydrogen (secondary N) is 1. The van der Waals surface area contributed by atoms with E-state index in [0.29, 0.717) is 28.9 Å². The van der Waals surface area contributed by atoms with Crippen molar-refractivity contribution >= 4 is 35.0 Å². The molecule has 0 spiro atoms. The maximum absolute atomic E-state index is 12.1. The van der Waals surface area contributed by atoms with E-state index in [1.54, 1.807) is 25.1 Å². The quantitative estimate of drug-likeness (QED) is 0.923. The minimum atomic E-state index is -0.486. The Kier molecular flexibility index (Phi) is 4.73. The summed E-state index contributed by atoms with van der Waals surface area (Å²) in [4.78, 5) is 25.0. The fraction of sp³-hybridized carbons (Fsp3) is 0.385. The summed E-state index contributed by atoms with van der Waals surface area (Å²) < 4.78 is 5.38. The highest BCUT2D eigenvalue weighted by molar-refractivity contribution is 6.35. The number of carbonyl (C=O) groups is 2. The second-order valence-corrected chi connectivity index (χ2v) is 5.26. The predicted octanol–water partition coefficient (Wildman–Crippen LogP) is 1.72. The molecular formula is C13H14Cl2N2O3. The maximum atomic E-state index is 12.1. The minimum Gasteiger partial charge on any atom is -0.482 e. The number of halogens is 2. The monoisotopic (exact) mass is 316 g/mol. The third-order valence-corrected chi connectivity index (χ3v) is 3.59. The van der Waals surface area contributed by atoms with Crippen molar-refractivity contribution in [1.29, 1.82) is 0 Å². The van der Waals surface area contributed by atoms with E-state index >= 15 is 0 Å². The highest BCUT2D eigenvalue weighted by atomic mass is 35.5. The van der Waals surface area contributed by atoms with Gasteiger partial charge in [0.15, 0.2) is 6.61 Å². The number of benzene rings is 1. The molecule has 1 aromatic carbocycles. The fourth-order valence-electron chi connectivity index (χ4n) is 1.94. The Morgan fingerprint density at radius 3 is 2.95 bits per heavy atom. The molecule has 1 saturated heterocycles. The summed E-state index contributed by atoms with van der Waals surface area (Å²) in [5, 5.41) is 3.53. The molecule has 1 atom stereocenters. The zero-order valence-corrected chi connectivity index (χ0v) is 12.4. The molecule has 1 fully saturated rings. The molecule has 1 aliphatic heterocycles. The van der Waals surface area contributed by atoms with Crippen molar-refractivity contribution in [2.45, 2.75) is 13.0 Å². The van der Waals surface area contributed by atoms with Gasteiger partial charge in [-0.05, 0) is 25.1 Å². The van der Waals surface area contributed by atoms with Crippen LogP contribution in [0.5, 0.6) is 5.75 Å². The van der Waals surface area contributed by atoms with Crippen LogP contribution < -0.4 is 10.1 Å². The van der Waals surface area contributed by atoms with Crippen molar-refractivity contribution in [2.75, 3.05) is 19.7 Å². The fourth-order valence-corrected chi connectivity index (χ4v) is 2.40. The van der Waals surface area contributed by atoms with Crippen LogP contribution in [0.25, 0.3) is 0 Å². The average molecular weight is 317 g/mol. The van der Waals surface area contributed by atoms with Crippen molar-refractivity contribution in [3.63, 3.8) is 0 Å². The second kappa shape index (κ2) is 6.33. The molecular weight excluding hydrogens is 303 g/mol. The lowest BCUT2D eigenvalue weighted by Crippen LogP contribution is -2.56. The molecule has 5 nitrogen and oxygen atoms in total. The van der Waals surface area contributed by atoms with Crippen LogP contribution in [0.1, 0.15) is 6.92 Å². The van der Waals surface area contributed by atoms with Crippen molar-refractivity contribution in [3.8, 4) is 5.75 Å². The number of piperazine rings is 1. The molecule has 1 heterocycles. The summed E-state index contributed by atoms with van der Waals surface area (Å²) in [7, 11) is 0. The van der Waals surface area contributed by atoms with Crippen molar-refractivity contribution < 1.29 is 14.3 Å². The smallest absolute Gasteiger partial charge is 0.261 e. The number of amides is 2. The largest absolute Gasteiger partial charge is 0.482 e. The molecule has 20 heavy (non-hydrogen) atoms. The van der Waals surface area contributed by atoms with E-state index in [0.717, 1.165) is 0 Å². The van der Waals surface area contributed by atoms with Gasteiger partial charge in [0.05, 0.1) is 5.02 Å². The Morgan fingerprint density at radius 2 is 2.25 bits per heavy atom. The lowest BCUT2D eigenvalue weighted by molar-refractivity contribution is -0.143. The number of carbonyl (C=O) groups excluding carboxylic acids is 2. The van der Waals surface area contributed by atoms with E-state index in [1.807, 2.05) is 0 Å². The maximum Gasteiger partial charge on any atom is 0.261 e. The van der Waals surface area contributed by atoms with Gasteiger partial charge in [0.1, 0.15) is 11.8 Å². The Balaban J connectivity index is 1.96. The number of hydrogen-bond donors (Lipinski definition) is 1. The van der Waals surface area contributed by atoms with Gasteiger partial charge in [-0.2, -0.15) is 0 Å². The van der Waals surface area contributed by atoms with E-state index < -0.39 is 6.04 Å². The van der Waals surface area contributed by atoms with E-state index in [1.165, 1.54) is 4.90 Å². The normalized spacial score (nSPS) is 18.6. The Labute approximate surface area is 126 Å². The topological polar surface area (TPSA) is 58.6 Å². The molecule has 0 aromatic heterocycles. The molecule has 1 aromatic rings. The van der Waals surface area contributed by atoms with Gasteiger partial charge in [-0.1, -0.05) is 23.2 Å². The van der Waals surface area contributed by atoms with Crippen LogP contribution in [-0.4, -0.2) is 42.5 Å². The van der Waals surface area contributed by atoms with Gasteiger partial charge >= 0.3 is 0 Å². The first-order valence-corrected chi connectivity index (χ1v) is 6.89. The second-order valence-electron chi connectivity index (χ2n) is 4.42. The predicted molar refractivity (Wildman–Crippen MR) is 76.1 cm³/mol. The molecule has 2 amide bonds. The van der Waals surface area contributed by atoms with Gasteiger partial charge in [-0.25, -0.2) is 0 Å². The Bertz CT molecular complexity index is 536. The molecule has 0 bridgehead atoms. The lowest BCUT2D eigenvalue weighted by atomic mass is 10.2. The summed E-state index contributed by atoms with van der Waals surface area (Å²) in [6.07, 6.45) is 0. The summed E-state index contributed by atoms with van der Waals surface area (Å²) in [5.41, 5.74) is 0. The van der Waals surface area contributed by atoms with Gasteiger partial charge in [-0.3, -0.25) is 9.59 Å². The van der Waals surface area contributed by atoms with Crippen molar-refractivity contribution in [2.24, 2.45) is 0 Å². The van der Waals surface area contributed by atoms with Gasteiger partial charge < -0.3 is 15.0 Å². The number of ether oxygens (including phenoxy) is 1. The first kappa shape index (κ1) is 14.9. The minimum absolute atomic E-state index is 0.158. The van der Waals surface area contributed by atoms with Crippen LogP contribution in [0.15, 0.2) is 18.2 Å². The van der Waals surface area contributed by atoms with Crippen LogP contribution in [-0.2, 0) is 9.59 Å². The molecule has 1 N–H and O–H groups in total. The highest BCUT2D eigenvalue weighted by Gasteiger charge is 2.29. The van der Waals surface area contributed by atoms with Crippen LogP contribution in [0, 0.1) is 0 Å². The number of rotatable bonds is 3. The lowest BCUT2D eigenvalue weighted by Gasteiger charge is -2.32. The molecule has 108 valence electrons. The summed E-state index contributed by atoms with van der Waals surface area (Å²) in [6, 6.07) is 4.29. The van der Waals surface area contributed by atoms with Gasteiger partial charge in [0.25, 0.3) is 5.91 Å². The van der Waals surface area contributed by atoms with Crippen molar-refractivity contribution in [1.82, 2.24) is 10.2 Å². The molecule has 2 rings (SSSR count). The first-order valence-electron chi connectivity index (χ1n) is 6.14. The Morgan fingerprint density at radius 1 is 1.50 bits per heavy atom. The summed E-state index contributed by atoms with van der Waals surface area (Å²) in [5.74, 6) is -0.0222. The SMILES string of the molecule is C[C@H]1C(=O)NCCN1C(=O)COc1ccc(Cl)cc1Cl.